The van der Waals surface area contributed by atoms with E-state index in [2.05, 4.69) is 25.5 Å². The highest BCUT2D eigenvalue weighted by Crippen LogP contribution is 2.21. The SMILES string of the molecule is CCn1cnnc1CNc1nc(N)nc2ccccc12. The first kappa shape index (κ1) is 12.3. The maximum atomic E-state index is 5.73. The lowest BCUT2D eigenvalue weighted by Gasteiger charge is -2.09. The van der Waals surface area contributed by atoms with E-state index in [9.17, 15) is 0 Å². The second kappa shape index (κ2) is 5.12. The smallest absolute Gasteiger partial charge is 0.222 e. The number of fused-ring (bicyclic) bond motifs is 1. The maximum Gasteiger partial charge on any atom is 0.222 e. The fraction of sp³-hybridized carbons (Fsp3) is 0.231. The number of rotatable bonds is 4. The van der Waals surface area contributed by atoms with Gasteiger partial charge in [0.2, 0.25) is 5.95 Å². The van der Waals surface area contributed by atoms with Crippen molar-refractivity contribution in [1.29, 1.82) is 0 Å². The van der Waals surface area contributed by atoms with Gasteiger partial charge in [-0.1, -0.05) is 12.1 Å². The number of anilines is 2. The average Bonchev–Trinajstić information content (AvgIpc) is 2.92. The molecule has 3 aromatic rings. The van der Waals surface area contributed by atoms with Gasteiger partial charge in [-0.15, -0.1) is 10.2 Å². The van der Waals surface area contributed by atoms with Gasteiger partial charge in [-0.2, -0.15) is 4.98 Å². The molecule has 2 heterocycles. The standard InChI is InChI=1S/C13H15N7/c1-2-20-8-16-19-11(20)7-15-12-9-5-3-4-6-10(9)17-13(14)18-12/h3-6,8H,2,7H2,1H3,(H3,14,15,17,18). The summed E-state index contributed by atoms with van der Waals surface area (Å²) in [5.41, 5.74) is 6.55. The van der Waals surface area contributed by atoms with Gasteiger partial charge in [-0.05, 0) is 19.1 Å². The number of hydrogen-bond donors (Lipinski definition) is 2. The fourth-order valence-electron chi connectivity index (χ4n) is 2.07. The minimum Gasteiger partial charge on any atom is -0.368 e. The van der Waals surface area contributed by atoms with Crippen LogP contribution in [0.1, 0.15) is 12.7 Å². The molecule has 0 fully saturated rings. The Bertz CT molecular complexity index is 734. The quantitative estimate of drug-likeness (QED) is 0.744. The van der Waals surface area contributed by atoms with Gasteiger partial charge in [0.15, 0.2) is 5.82 Å². The van der Waals surface area contributed by atoms with Gasteiger partial charge in [-0.25, -0.2) is 4.98 Å². The van der Waals surface area contributed by atoms with E-state index in [0.717, 1.165) is 23.3 Å². The molecule has 0 radical (unpaired) electrons. The third kappa shape index (κ3) is 2.25. The van der Waals surface area contributed by atoms with E-state index in [-0.39, 0.29) is 5.95 Å². The third-order valence-corrected chi connectivity index (χ3v) is 3.07. The molecular weight excluding hydrogens is 254 g/mol. The van der Waals surface area contributed by atoms with Crippen molar-refractivity contribution in [3.63, 3.8) is 0 Å². The van der Waals surface area contributed by atoms with Gasteiger partial charge in [0, 0.05) is 11.9 Å². The van der Waals surface area contributed by atoms with Crippen LogP contribution in [0.3, 0.4) is 0 Å². The van der Waals surface area contributed by atoms with Crippen LogP contribution in [0.4, 0.5) is 11.8 Å². The van der Waals surface area contributed by atoms with Crippen LogP contribution in [0, 0.1) is 0 Å². The highest BCUT2D eigenvalue weighted by atomic mass is 15.3. The second-order valence-electron chi connectivity index (χ2n) is 4.33. The van der Waals surface area contributed by atoms with Gasteiger partial charge in [0.25, 0.3) is 0 Å². The van der Waals surface area contributed by atoms with E-state index >= 15 is 0 Å². The van der Waals surface area contributed by atoms with Crippen LogP contribution in [0.15, 0.2) is 30.6 Å². The number of para-hydroxylation sites is 1. The Morgan fingerprint density at radius 3 is 2.95 bits per heavy atom. The van der Waals surface area contributed by atoms with E-state index in [1.165, 1.54) is 0 Å². The monoisotopic (exact) mass is 269 g/mol. The maximum absolute atomic E-state index is 5.73. The summed E-state index contributed by atoms with van der Waals surface area (Å²) in [6.07, 6.45) is 1.71. The van der Waals surface area contributed by atoms with Crippen LogP contribution in [0.5, 0.6) is 0 Å². The van der Waals surface area contributed by atoms with E-state index in [4.69, 9.17) is 5.73 Å². The molecule has 0 aliphatic carbocycles. The minimum absolute atomic E-state index is 0.253. The van der Waals surface area contributed by atoms with Gasteiger partial charge >= 0.3 is 0 Å². The van der Waals surface area contributed by atoms with E-state index in [1.54, 1.807) is 6.33 Å². The largest absolute Gasteiger partial charge is 0.368 e. The molecule has 2 aromatic heterocycles. The molecule has 0 spiro atoms. The first-order valence-corrected chi connectivity index (χ1v) is 6.40. The molecule has 0 aliphatic heterocycles. The average molecular weight is 269 g/mol. The van der Waals surface area contributed by atoms with Crippen LogP contribution in [-0.2, 0) is 13.1 Å². The molecule has 1 aromatic carbocycles. The lowest BCUT2D eigenvalue weighted by atomic mass is 10.2. The summed E-state index contributed by atoms with van der Waals surface area (Å²) in [4.78, 5) is 8.46. The van der Waals surface area contributed by atoms with Crippen LogP contribution in [0.2, 0.25) is 0 Å². The van der Waals surface area contributed by atoms with E-state index in [1.807, 2.05) is 35.8 Å². The van der Waals surface area contributed by atoms with Gasteiger partial charge in [-0.3, -0.25) is 0 Å². The Morgan fingerprint density at radius 2 is 2.10 bits per heavy atom. The Hall–Kier alpha value is -2.70. The lowest BCUT2D eigenvalue weighted by Crippen LogP contribution is -2.10. The van der Waals surface area contributed by atoms with Crippen LogP contribution >= 0.6 is 0 Å². The van der Waals surface area contributed by atoms with Crippen molar-refractivity contribution in [2.75, 3.05) is 11.1 Å². The number of nitrogens with zero attached hydrogens (tertiary/aromatic N) is 5. The zero-order valence-electron chi connectivity index (χ0n) is 11.1. The van der Waals surface area contributed by atoms with Crippen molar-refractivity contribution in [2.45, 2.75) is 20.0 Å². The lowest BCUT2D eigenvalue weighted by molar-refractivity contribution is 0.707. The summed E-state index contributed by atoms with van der Waals surface area (Å²) >= 11 is 0. The summed E-state index contributed by atoms with van der Waals surface area (Å²) in [7, 11) is 0. The van der Waals surface area contributed by atoms with E-state index in [0.29, 0.717) is 12.4 Å². The Labute approximate surface area is 115 Å². The molecule has 0 unspecified atom stereocenters. The number of aryl methyl sites for hydroxylation is 1. The number of nitrogens with two attached hydrogens (primary N) is 1. The molecule has 20 heavy (non-hydrogen) atoms. The summed E-state index contributed by atoms with van der Waals surface area (Å²) in [6.45, 7) is 3.41. The molecule has 7 heteroatoms. The molecular formula is C13H15N7. The normalized spacial score (nSPS) is 10.8. The van der Waals surface area contributed by atoms with Gasteiger partial charge in [0.05, 0.1) is 12.1 Å². The van der Waals surface area contributed by atoms with Crippen molar-refractivity contribution >= 4 is 22.7 Å². The Kier molecular flexibility index (Phi) is 3.16. The zero-order valence-corrected chi connectivity index (χ0v) is 11.1. The first-order valence-electron chi connectivity index (χ1n) is 6.40. The van der Waals surface area contributed by atoms with Crippen molar-refractivity contribution in [1.82, 2.24) is 24.7 Å². The molecule has 0 saturated heterocycles. The number of benzene rings is 1. The van der Waals surface area contributed by atoms with Crippen LogP contribution < -0.4 is 11.1 Å². The van der Waals surface area contributed by atoms with Crippen molar-refractivity contribution in [3.8, 4) is 0 Å². The van der Waals surface area contributed by atoms with Crippen molar-refractivity contribution in [2.24, 2.45) is 0 Å². The number of nitrogens with one attached hydrogen (secondary N) is 1. The molecule has 0 atom stereocenters. The Morgan fingerprint density at radius 1 is 1.25 bits per heavy atom. The zero-order chi connectivity index (χ0) is 13.9. The topological polar surface area (TPSA) is 94.5 Å². The van der Waals surface area contributed by atoms with E-state index < -0.39 is 0 Å². The number of aromatic nitrogens is 5. The highest BCUT2D eigenvalue weighted by molar-refractivity contribution is 5.89. The molecule has 0 saturated carbocycles. The summed E-state index contributed by atoms with van der Waals surface area (Å²) in [6, 6.07) is 7.74. The van der Waals surface area contributed by atoms with Crippen LogP contribution in [-0.4, -0.2) is 24.7 Å². The van der Waals surface area contributed by atoms with Crippen molar-refractivity contribution in [3.05, 3.63) is 36.4 Å². The fourth-order valence-corrected chi connectivity index (χ4v) is 2.07. The number of hydrogen-bond acceptors (Lipinski definition) is 6. The molecule has 0 aliphatic rings. The molecule has 3 N–H and O–H groups in total. The van der Waals surface area contributed by atoms with Gasteiger partial charge in [0.1, 0.15) is 12.1 Å². The molecule has 7 nitrogen and oxygen atoms in total. The summed E-state index contributed by atoms with van der Waals surface area (Å²) in [5.74, 6) is 1.82. The minimum atomic E-state index is 0.253. The summed E-state index contributed by atoms with van der Waals surface area (Å²) < 4.78 is 1.97. The summed E-state index contributed by atoms with van der Waals surface area (Å²) in [5, 5.41) is 12.2. The predicted molar refractivity (Wildman–Crippen MR) is 77.0 cm³/mol. The Balaban J connectivity index is 1.91. The molecule has 102 valence electrons. The van der Waals surface area contributed by atoms with Crippen LogP contribution in [0.25, 0.3) is 10.9 Å². The highest BCUT2D eigenvalue weighted by Gasteiger charge is 2.07. The predicted octanol–water partition coefficient (Wildman–Crippen LogP) is 1.44. The van der Waals surface area contributed by atoms with Crippen molar-refractivity contribution < 1.29 is 0 Å². The first-order chi connectivity index (χ1) is 9.78. The second-order valence-corrected chi connectivity index (χ2v) is 4.33. The molecule has 0 amide bonds. The molecule has 0 bridgehead atoms. The third-order valence-electron chi connectivity index (χ3n) is 3.07. The number of nitrogen functional groups attached to an aromatic ring is 1. The van der Waals surface area contributed by atoms with Gasteiger partial charge < -0.3 is 15.6 Å². The molecule has 3 rings (SSSR count).